The van der Waals surface area contributed by atoms with Crippen molar-refractivity contribution in [3.8, 4) is 5.75 Å². The fourth-order valence-electron chi connectivity index (χ4n) is 1.42. The third-order valence-electron chi connectivity index (χ3n) is 2.20. The summed E-state index contributed by atoms with van der Waals surface area (Å²) >= 11 is 1.78. The summed E-state index contributed by atoms with van der Waals surface area (Å²) in [6, 6.07) is 10.4. The Bertz CT molecular complexity index is 353. The minimum absolute atomic E-state index is 0.541. The van der Waals surface area contributed by atoms with Crippen LogP contribution in [0.2, 0.25) is 0 Å². The van der Waals surface area contributed by atoms with Crippen LogP contribution in [0, 0.1) is 0 Å². The molecule has 1 aliphatic rings. The molecule has 2 rings (SSSR count). The maximum Gasteiger partial charge on any atom is 0.156 e. The smallest absolute Gasteiger partial charge is 0.156 e. The van der Waals surface area contributed by atoms with Gasteiger partial charge < -0.3 is 10.1 Å². The summed E-state index contributed by atoms with van der Waals surface area (Å²) in [6.45, 7) is 3.50. The highest BCUT2D eigenvalue weighted by Gasteiger charge is 2.14. The Morgan fingerprint density at radius 2 is 2.25 bits per heavy atom. The van der Waals surface area contributed by atoms with E-state index >= 15 is 0 Å². The lowest BCUT2D eigenvalue weighted by atomic mass is 10.3. The Kier molecular flexibility index (Phi) is 4.10. The predicted molar refractivity (Wildman–Crippen MR) is 69.3 cm³/mol. The van der Waals surface area contributed by atoms with Crippen LogP contribution in [0.1, 0.15) is 6.92 Å². The van der Waals surface area contributed by atoms with Crippen LogP contribution in [0.25, 0.3) is 0 Å². The second kappa shape index (κ2) is 5.80. The van der Waals surface area contributed by atoms with Crippen LogP contribution in [0.15, 0.2) is 35.3 Å². The van der Waals surface area contributed by atoms with E-state index < -0.39 is 0 Å². The molecule has 0 aliphatic carbocycles. The number of ether oxygens (including phenoxy) is 1. The Labute approximate surface area is 100 Å². The van der Waals surface area contributed by atoms with E-state index in [1.165, 1.54) is 0 Å². The summed E-state index contributed by atoms with van der Waals surface area (Å²) in [5, 5.41) is 4.36. The molecule has 1 atom stereocenters. The molecule has 0 spiro atoms. The molecule has 1 saturated heterocycles. The number of para-hydroxylation sites is 1. The van der Waals surface area contributed by atoms with Crippen molar-refractivity contribution in [3.63, 3.8) is 0 Å². The SMILES string of the molecule is CC1CSC(=NCCOc2ccccc2)N1. The van der Waals surface area contributed by atoms with E-state index in [2.05, 4.69) is 17.2 Å². The molecule has 0 bridgehead atoms. The molecule has 1 N–H and O–H groups in total. The standard InChI is InChI=1S/C12H16N2OS/c1-10-9-16-12(14-10)13-7-8-15-11-5-3-2-4-6-11/h2-6,10H,7-9H2,1H3,(H,13,14). The first-order chi connectivity index (χ1) is 7.84. The molecule has 1 aromatic carbocycles. The zero-order valence-electron chi connectivity index (χ0n) is 9.35. The van der Waals surface area contributed by atoms with E-state index in [9.17, 15) is 0 Å². The van der Waals surface area contributed by atoms with Gasteiger partial charge in [0.05, 0.1) is 6.54 Å². The van der Waals surface area contributed by atoms with Gasteiger partial charge in [0.2, 0.25) is 0 Å². The van der Waals surface area contributed by atoms with Gasteiger partial charge in [0.15, 0.2) is 5.17 Å². The highest BCUT2D eigenvalue weighted by Crippen LogP contribution is 2.13. The lowest BCUT2D eigenvalue weighted by molar-refractivity contribution is 0.329. The Hall–Kier alpha value is -1.16. The maximum absolute atomic E-state index is 5.55. The minimum atomic E-state index is 0.541. The van der Waals surface area contributed by atoms with Crippen LogP contribution in [0.5, 0.6) is 5.75 Å². The zero-order valence-corrected chi connectivity index (χ0v) is 10.2. The molecule has 3 nitrogen and oxygen atoms in total. The highest BCUT2D eigenvalue weighted by molar-refractivity contribution is 8.14. The lowest BCUT2D eigenvalue weighted by Crippen LogP contribution is -2.23. The molecule has 1 unspecified atom stereocenters. The molecule has 1 aliphatic heterocycles. The first kappa shape index (κ1) is 11.3. The normalized spacial score (nSPS) is 22.1. The number of hydrogen-bond donors (Lipinski definition) is 1. The first-order valence-electron chi connectivity index (χ1n) is 5.46. The molecular weight excluding hydrogens is 220 g/mol. The first-order valence-corrected chi connectivity index (χ1v) is 6.45. The Balaban J connectivity index is 1.69. The van der Waals surface area contributed by atoms with Crippen molar-refractivity contribution in [2.24, 2.45) is 4.99 Å². The largest absolute Gasteiger partial charge is 0.492 e. The van der Waals surface area contributed by atoms with Gasteiger partial charge in [-0.05, 0) is 19.1 Å². The van der Waals surface area contributed by atoms with Crippen LogP contribution >= 0.6 is 11.8 Å². The zero-order chi connectivity index (χ0) is 11.2. The predicted octanol–water partition coefficient (Wildman–Crippen LogP) is 2.15. The number of aliphatic imine (C=N–C) groups is 1. The quantitative estimate of drug-likeness (QED) is 0.813. The van der Waals surface area contributed by atoms with Crippen LogP contribution in [0.4, 0.5) is 0 Å². The number of rotatable bonds is 4. The number of benzene rings is 1. The van der Waals surface area contributed by atoms with Gasteiger partial charge in [-0.15, -0.1) is 0 Å². The molecule has 1 heterocycles. The Morgan fingerprint density at radius 3 is 2.94 bits per heavy atom. The molecule has 0 saturated carbocycles. The topological polar surface area (TPSA) is 33.6 Å². The molecule has 16 heavy (non-hydrogen) atoms. The molecule has 86 valence electrons. The van der Waals surface area contributed by atoms with Crippen molar-refractivity contribution >= 4 is 16.9 Å². The summed E-state index contributed by atoms with van der Waals surface area (Å²) in [4.78, 5) is 4.43. The van der Waals surface area contributed by atoms with Crippen molar-refractivity contribution in [3.05, 3.63) is 30.3 Å². The van der Waals surface area contributed by atoms with E-state index in [0.717, 1.165) is 16.7 Å². The van der Waals surface area contributed by atoms with Crippen LogP contribution in [-0.2, 0) is 0 Å². The van der Waals surface area contributed by atoms with E-state index in [1.54, 1.807) is 11.8 Å². The van der Waals surface area contributed by atoms with E-state index in [4.69, 9.17) is 4.74 Å². The van der Waals surface area contributed by atoms with Crippen molar-refractivity contribution in [2.75, 3.05) is 18.9 Å². The summed E-state index contributed by atoms with van der Waals surface area (Å²) in [5.41, 5.74) is 0. The molecule has 1 fully saturated rings. The molecule has 0 radical (unpaired) electrons. The van der Waals surface area contributed by atoms with Gasteiger partial charge >= 0.3 is 0 Å². The number of hydrogen-bond acceptors (Lipinski definition) is 3. The number of thioether (sulfide) groups is 1. The van der Waals surface area contributed by atoms with E-state index in [-0.39, 0.29) is 0 Å². The van der Waals surface area contributed by atoms with Gasteiger partial charge in [0, 0.05) is 11.8 Å². The van der Waals surface area contributed by atoms with Crippen molar-refractivity contribution in [1.82, 2.24) is 5.32 Å². The molecular formula is C12H16N2OS. The van der Waals surface area contributed by atoms with Gasteiger partial charge in [-0.3, -0.25) is 4.99 Å². The summed E-state index contributed by atoms with van der Waals surface area (Å²) in [5.74, 6) is 2.02. The monoisotopic (exact) mass is 236 g/mol. The van der Waals surface area contributed by atoms with Gasteiger partial charge in [0.25, 0.3) is 0 Å². The van der Waals surface area contributed by atoms with Gasteiger partial charge in [-0.1, -0.05) is 30.0 Å². The summed E-state index contributed by atoms with van der Waals surface area (Å²) in [7, 11) is 0. The average molecular weight is 236 g/mol. The lowest BCUT2D eigenvalue weighted by Gasteiger charge is -2.04. The fraction of sp³-hybridized carbons (Fsp3) is 0.417. The number of nitrogens with one attached hydrogen (secondary N) is 1. The van der Waals surface area contributed by atoms with Crippen LogP contribution in [-0.4, -0.2) is 30.1 Å². The third-order valence-corrected chi connectivity index (χ3v) is 3.39. The maximum atomic E-state index is 5.55. The highest BCUT2D eigenvalue weighted by atomic mass is 32.2. The summed E-state index contributed by atoms with van der Waals surface area (Å²) < 4.78 is 5.55. The number of nitrogens with zero attached hydrogens (tertiary/aromatic N) is 1. The van der Waals surface area contributed by atoms with Crippen molar-refractivity contribution in [1.29, 1.82) is 0 Å². The average Bonchev–Trinajstić information content (AvgIpc) is 2.72. The molecule has 0 aromatic heterocycles. The molecule has 0 amide bonds. The van der Waals surface area contributed by atoms with Crippen LogP contribution < -0.4 is 10.1 Å². The van der Waals surface area contributed by atoms with Crippen molar-refractivity contribution < 1.29 is 4.74 Å². The number of amidine groups is 1. The third kappa shape index (κ3) is 3.45. The molecule has 1 aromatic rings. The molecule has 4 heteroatoms. The second-order valence-electron chi connectivity index (χ2n) is 3.70. The second-order valence-corrected chi connectivity index (χ2v) is 4.71. The van der Waals surface area contributed by atoms with Gasteiger partial charge in [-0.2, -0.15) is 0 Å². The van der Waals surface area contributed by atoms with E-state index in [1.807, 2.05) is 30.3 Å². The van der Waals surface area contributed by atoms with Crippen LogP contribution in [0.3, 0.4) is 0 Å². The Morgan fingerprint density at radius 1 is 1.44 bits per heavy atom. The fourth-order valence-corrected chi connectivity index (χ4v) is 2.38. The van der Waals surface area contributed by atoms with Crippen molar-refractivity contribution in [2.45, 2.75) is 13.0 Å². The van der Waals surface area contributed by atoms with Gasteiger partial charge in [-0.25, -0.2) is 0 Å². The minimum Gasteiger partial charge on any atom is -0.492 e. The summed E-state index contributed by atoms with van der Waals surface area (Å²) in [6.07, 6.45) is 0. The van der Waals surface area contributed by atoms with Gasteiger partial charge in [0.1, 0.15) is 12.4 Å². The van der Waals surface area contributed by atoms with E-state index in [0.29, 0.717) is 19.2 Å².